The van der Waals surface area contributed by atoms with Gasteiger partial charge in [0.25, 0.3) is 5.91 Å². The van der Waals surface area contributed by atoms with Crippen LogP contribution in [0.5, 0.6) is 0 Å². The monoisotopic (exact) mass is 430 g/mol. The molecule has 0 saturated heterocycles. The Kier molecular flexibility index (Phi) is 5.46. The highest BCUT2D eigenvalue weighted by Gasteiger charge is 2.15. The highest BCUT2D eigenvalue weighted by atomic mass is 35.5. The minimum atomic E-state index is -0.326. The van der Waals surface area contributed by atoms with Crippen LogP contribution in [-0.2, 0) is 13.1 Å². The summed E-state index contributed by atoms with van der Waals surface area (Å²) in [5.74, 6) is -0.564. The molecule has 1 N–H and O–H groups in total. The Balaban J connectivity index is 1.56. The third-order valence-electron chi connectivity index (χ3n) is 4.45. The van der Waals surface area contributed by atoms with Crippen LogP contribution in [0.2, 0.25) is 4.34 Å². The summed E-state index contributed by atoms with van der Waals surface area (Å²) in [6.45, 7) is 0.836. The van der Waals surface area contributed by atoms with E-state index in [0.29, 0.717) is 26.9 Å². The molecule has 0 fully saturated rings. The van der Waals surface area contributed by atoms with Gasteiger partial charge in [-0.25, -0.2) is 14.2 Å². The fraction of sp³-hybridized carbons (Fsp3) is 0.150. The summed E-state index contributed by atoms with van der Waals surface area (Å²) in [5.41, 5.74) is 1.78. The van der Waals surface area contributed by atoms with E-state index in [2.05, 4.69) is 10.3 Å². The van der Waals surface area contributed by atoms with Gasteiger partial charge < -0.3 is 5.32 Å². The first-order valence-electron chi connectivity index (χ1n) is 8.85. The molecule has 29 heavy (non-hydrogen) atoms. The molecule has 3 aromatic heterocycles. The average molecular weight is 431 g/mol. The van der Waals surface area contributed by atoms with Crippen LogP contribution in [0.4, 0.5) is 4.39 Å². The van der Waals surface area contributed by atoms with E-state index in [1.165, 1.54) is 28.0 Å². The topological polar surface area (TPSA) is 68.9 Å². The molecule has 0 atom stereocenters. The van der Waals surface area contributed by atoms with Crippen LogP contribution in [0.25, 0.3) is 11.2 Å². The lowest BCUT2D eigenvalue weighted by Crippen LogP contribution is -2.31. The van der Waals surface area contributed by atoms with Gasteiger partial charge in [0.1, 0.15) is 5.82 Å². The van der Waals surface area contributed by atoms with E-state index in [0.717, 1.165) is 5.56 Å². The molecule has 6 nitrogen and oxygen atoms in total. The number of rotatable bonds is 6. The fourth-order valence-corrected chi connectivity index (χ4v) is 4.04. The summed E-state index contributed by atoms with van der Waals surface area (Å²) in [7, 11) is 0. The van der Waals surface area contributed by atoms with E-state index in [4.69, 9.17) is 11.6 Å². The average Bonchev–Trinajstić information content (AvgIpc) is 3.26. The predicted molar refractivity (Wildman–Crippen MR) is 111 cm³/mol. The molecular weight excluding hydrogens is 415 g/mol. The van der Waals surface area contributed by atoms with Crippen LogP contribution in [0.3, 0.4) is 0 Å². The number of carbonyl (C=O) groups is 1. The van der Waals surface area contributed by atoms with Crippen molar-refractivity contribution in [3.63, 3.8) is 0 Å². The molecule has 148 valence electrons. The number of aromatic nitrogens is 3. The molecule has 1 amide bonds. The van der Waals surface area contributed by atoms with Crippen LogP contribution in [-0.4, -0.2) is 26.6 Å². The van der Waals surface area contributed by atoms with E-state index in [9.17, 15) is 14.0 Å². The number of hydrogen-bond acceptors (Lipinski definition) is 4. The standard InChI is InChI=1S/C20H16ClFN4O2S/c21-17-8-7-16(29-17)19(27)24-10-11-25-18-15(2-1-9-23-18)26(20(25)28)12-13-3-5-14(22)6-4-13/h1-9H,10-12H2,(H,24,27). The van der Waals surface area contributed by atoms with Gasteiger partial charge in [0.2, 0.25) is 0 Å². The molecule has 3 heterocycles. The van der Waals surface area contributed by atoms with E-state index in [-0.39, 0.29) is 30.5 Å². The van der Waals surface area contributed by atoms with Crippen LogP contribution in [0, 0.1) is 5.82 Å². The summed E-state index contributed by atoms with van der Waals surface area (Å²) in [4.78, 5) is 30.0. The largest absolute Gasteiger partial charge is 0.350 e. The molecule has 4 aromatic rings. The Morgan fingerprint density at radius 3 is 2.66 bits per heavy atom. The smallest absolute Gasteiger partial charge is 0.330 e. The second-order valence-electron chi connectivity index (χ2n) is 6.35. The Labute approximate surface area is 174 Å². The zero-order valence-corrected chi connectivity index (χ0v) is 16.7. The second-order valence-corrected chi connectivity index (χ2v) is 8.07. The zero-order valence-electron chi connectivity index (χ0n) is 15.1. The number of pyridine rings is 1. The van der Waals surface area contributed by atoms with E-state index >= 15 is 0 Å². The Morgan fingerprint density at radius 1 is 1.14 bits per heavy atom. The van der Waals surface area contributed by atoms with Crippen LogP contribution in [0.1, 0.15) is 15.2 Å². The molecule has 0 spiro atoms. The van der Waals surface area contributed by atoms with Crippen molar-refractivity contribution in [1.82, 2.24) is 19.4 Å². The maximum absolute atomic E-state index is 13.2. The van der Waals surface area contributed by atoms with Crippen molar-refractivity contribution in [2.75, 3.05) is 6.54 Å². The van der Waals surface area contributed by atoms with Gasteiger partial charge in [0.15, 0.2) is 5.65 Å². The lowest BCUT2D eigenvalue weighted by atomic mass is 10.2. The summed E-state index contributed by atoms with van der Waals surface area (Å²) in [6.07, 6.45) is 1.62. The van der Waals surface area contributed by atoms with Gasteiger partial charge in [-0.15, -0.1) is 11.3 Å². The maximum Gasteiger partial charge on any atom is 0.330 e. The van der Waals surface area contributed by atoms with E-state index in [1.807, 2.05) is 6.07 Å². The third-order valence-corrected chi connectivity index (χ3v) is 5.68. The molecule has 1 aromatic carbocycles. The minimum Gasteiger partial charge on any atom is -0.350 e. The Bertz CT molecular complexity index is 1230. The van der Waals surface area contributed by atoms with Crippen molar-refractivity contribution in [3.8, 4) is 0 Å². The molecule has 4 rings (SSSR count). The van der Waals surface area contributed by atoms with Gasteiger partial charge in [-0.2, -0.15) is 0 Å². The highest BCUT2D eigenvalue weighted by Crippen LogP contribution is 2.21. The van der Waals surface area contributed by atoms with Gasteiger partial charge in [0.05, 0.1) is 21.3 Å². The normalized spacial score (nSPS) is 11.1. The summed E-state index contributed by atoms with van der Waals surface area (Å²) in [6, 6.07) is 12.9. The number of carbonyl (C=O) groups excluding carboxylic acids is 1. The van der Waals surface area contributed by atoms with E-state index < -0.39 is 0 Å². The number of nitrogens with one attached hydrogen (secondary N) is 1. The van der Waals surface area contributed by atoms with Gasteiger partial charge in [0, 0.05) is 19.3 Å². The fourth-order valence-electron chi connectivity index (χ4n) is 3.08. The SMILES string of the molecule is O=C(NCCn1c(=O)n(Cc2ccc(F)cc2)c2cccnc21)c1ccc(Cl)s1. The molecule has 0 unspecified atom stereocenters. The highest BCUT2D eigenvalue weighted by molar-refractivity contribution is 7.17. The molecule has 0 radical (unpaired) electrons. The lowest BCUT2D eigenvalue weighted by Gasteiger charge is -2.05. The van der Waals surface area contributed by atoms with Crippen molar-refractivity contribution in [2.24, 2.45) is 0 Å². The molecule has 0 aliphatic rings. The minimum absolute atomic E-state index is 0.238. The molecule has 0 aliphatic heterocycles. The van der Waals surface area contributed by atoms with Gasteiger partial charge >= 0.3 is 5.69 Å². The van der Waals surface area contributed by atoms with Crippen molar-refractivity contribution < 1.29 is 9.18 Å². The second kappa shape index (κ2) is 8.18. The van der Waals surface area contributed by atoms with Crippen LogP contribution < -0.4 is 11.0 Å². The predicted octanol–water partition coefficient (Wildman–Crippen LogP) is 3.53. The summed E-state index contributed by atoms with van der Waals surface area (Å²) < 4.78 is 16.8. The molecule has 0 bridgehead atoms. The Hall–Kier alpha value is -2.97. The first-order chi connectivity index (χ1) is 14.0. The number of hydrogen-bond donors (Lipinski definition) is 1. The number of nitrogens with zero attached hydrogens (tertiary/aromatic N) is 3. The van der Waals surface area contributed by atoms with Crippen molar-refractivity contribution in [3.05, 3.63) is 85.8 Å². The number of halogens is 2. The van der Waals surface area contributed by atoms with Crippen molar-refractivity contribution >= 4 is 40.0 Å². The molecule has 0 aliphatic carbocycles. The summed E-state index contributed by atoms with van der Waals surface area (Å²) >= 11 is 7.06. The van der Waals surface area contributed by atoms with Gasteiger partial charge in [-0.1, -0.05) is 23.7 Å². The van der Waals surface area contributed by atoms with Crippen molar-refractivity contribution in [2.45, 2.75) is 13.1 Å². The number of imidazole rings is 1. The lowest BCUT2D eigenvalue weighted by molar-refractivity contribution is 0.0956. The quantitative estimate of drug-likeness (QED) is 0.508. The number of benzene rings is 1. The Morgan fingerprint density at radius 2 is 1.93 bits per heavy atom. The molecular formula is C20H16ClFN4O2S. The number of amides is 1. The van der Waals surface area contributed by atoms with Crippen LogP contribution >= 0.6 is 22.9 Å². The molecule has 0 saturated carbocycles. The molecule has 9 heteroatoms. The van der Waals surface area contributed by atoms with E-state index in [1.54, 1.807) is 41.1 Å². The van der Waals surface area contributed by atoms with Gasteiger partial charge in [-0.3, -0.25) is 13.9 Å². The first kappa shape index (κ1) is 19.4. The summed E-state index contributed by atoms with van der Waals surface area (Å²) in [5, 5.41) is 2.79. The number of fused-ring (bicyclic) bond motifs is 1. The third kappa shape index (κ3) is 4.08. The van der Waals surface area contributed by atoms with Gasteiger partial charge in [-0.05, 0) is 42.0 Å². The zero-order chi connectivity index (χ0) is 20.4. The maximum atomic E-state index is 13.2. The van der Waals surface area contributed by atoms with Crippen molar-refractivity contribution in [1.29, 1.82) is 0 Å². The first-order valence-corrected chi connectivity index (χ1v) is 10.0. The van der Waals surface area contributed by atoms with Crippen LogP contribution in [0.15, 0.2) is 59.5 Å². The number of thiophene rings is 1.